The molecule has 1 aromatic heterocycles. The van der Waals surface area contributed by atoms with Crippen LogP contribution in [0, 0.1) is 0 Å². The molecule has 4 N–H and O–H groups in total. The van der Waals surface area contributed by atoms with E-state index >= 15 is 0 Å². The van der Waals surface area contributed by atoms with Crippen molar-refractivity contribution >= 4 is 22.5 Å². The molecule has 0 aliphatic heterocycles. The minimum atomic E-state index is 0.0955. The minimum Gasteiger partial charge on any atom is -0.506 e. The normalized spacial score (nSPS) is 11.6. The highest BCUT2D eigenvalue weighted by Crippen LogP contribution is 2.37. The van der Waals surface area contributed by atoms with Gasteiger partial charge in [-0.05, 0) is 23.6 Å². The Morgan fingerprint density at radius 1 is 1.44 bits per heavy atom. The fourth-order valence-corrected chi connectivity index (χ4v) is 2.30. The zero-order chi connectivity index (χ0) is 11.9. The van der Waals surface area contributed by atoms with Crippen LogP contribution in [-0.4, -0.2) is 10.1 Å². The number of halogens is 1. The Kier molecular flexibility index (Phi) is 2.82. The van der Waals surface area contributed by atoms with Crippen molar-refractivity contribution in [2.24, 2.45) is 5.73 Å². The lowest BCUT2D eigenvalue weighted by molar-refractivity contribution is 0.476. The highest BCUT2D eigenvalue weighted by molar-refractivity contribution is 6.37. The smallest absolute Gasteiger partial charge is 0.134 e. The Bertz CT molecular complexity index is 531. The monoisotopic (exact) mass is 238 g/mol. The molecule has 4 heteroatoms. The summed E-state index contributed by atoms with van der Waals surface area (Å²) in [6, 6.07) is 3.41. The van der Waals surface area contributed by atoms with E-state index in [-0.39, 0.29) is 5.75 Å². The van der Waals surface area contributed by atoms with Crippen LogP contribution in [0.2, 0.25) is 5.02 Å². The molecule has 1 heterocycles. The molecule has 0 aliphatic rings. The molecule has 2 aromatic rings. The van der Waals surface area contributed by atoms with Crippen molar-refractivity contribution in [2.45, 2.75) is 26.3 Å². The first kappa shape index (κ1) is 11.3. The number of aromatic amines is 1. The summed E-state index contributed by atoms with van der Waals surface area (Å²) in [5, 5.41) is 10.8. The molecule has 0 fully saturated rings. The number of aromatic nitrogens is 1. The molecule has 1 aromatic carbocycles. The largest absolute Gasteiger partial charge is 0.506 e. The third kappa shape index (κ3) is 1.56. The summed E-state index contributed by atoms with van der Waals surface area (Å²) in [4.78, 5) is 3.31. The number of fused-ring (bicyclic) bond motifs is 1. The molecule has 0 amide bonds. The fourth-order valence-electron chi connectivity index (χ4n) is 2.02. The Morgan fingerprint density at radius 2 is 2.12 bits per heavy atom. The maximum atomic E-state index is 9.60. The summed E-state index contributed by atoms with van der Waals surface area (Å²) >= 11 is 6.10. The lowest BCUT2D eigenvalue weighted by atomic mass is 10.0. The Labute approximate surface area is 99.2 Å². The van der Waals surface area contributed by atoms with Gasteiger partial charge in [0.1, 0.15) is 5.75 Å². The third-order valence-electron chi connectivity index (χ3n) is 2.80. The zero-order valence-electron chi connectivity index (χ0n) is 9.34. The summed E-state index contributed by atoms with van der Waals surface area (Å²) in [5.74, 6) is 0.447. The van der Waals surface area contributed by atoms with Crippen molar-refractivity contribution in [2.75, 3.05) is 0 Å². The van der Waals surface area contributed by atoms with Gasteiger partial charge >= 0.3 is 0 Å². The highest BCUT2D eigenvalue weighted by atomic mass is 35.5. The molecular weight excluding hydrogens is 224 g/mol. The van der Waals surface area contributed by atoms with E-state index in [9.17, 15) is 5.11 Å². The van der Waals surface area contributed by atoms with Crippen LogP contribution in [0.1, 0.15) is 31.0 Å². The number of nitrogens with two attached hydrogens (primary N) is 1. The molecule has 0 spiro atoms. The van der Waals surface area contributed by atoms with Gasteiger partial charge in [-0.1, -0.05) is 25.4 Å². The number of H-pyrrole nitrogens is 1. The van der Waals surface area contributed by atoms with Gasteiger partial charge in [-0.3, -0.25) is 0 Å². The zero-order valence-corrected chi connectivity index (χ0v) is 10.1. The van der Waals surface area contributed by atoms with E-state index in [1.54, 1.807) is 6.07 Å². The van der Waals surface area contributed by atoms with Gasteiger partial charge in [-0.15, -0.1) is 0 Å². The van der Waals surface area contributed by atoms with Crippen LogP contribution in [-0.2, 0) is 6.54 Å². The summed E-state index contributed by atoms with van der Waals surface area (Å²) in [5.41, 5.74) is 8.76. The van der Waals surface area contributed by atoms with Gasteiger partial charge in [-0.2, -0.15) is 0 Å². The molecule has 86 valence electrons. The Morgan fingerprint density at radius 3 is 2.69 bits per heavy atom. The van der Waals surface area contributed by atoms with E-state index < -0.39 is 0 Å². The highest BCUT2D eigenvalue weighted by Gasteiger charge is 2.16. The predicted octanol–water partition coefficient (Wildman–Crippen LogP) is 3.11. The molecule has 0 saturated heterocycles. The standard InChI is InChI=1S/C12H15ClN2O/c1-6(2)12-7(5-14)10-8(15-12)3-4-9(16)11(10)13/h3-4,6,15-16H,5,14H2,1-2H3. The molecule has 0 atom stereocenters. The first-order valence-corrected chi connectivity index (χ1v) is 5.66. The number of nitrogens with one attached hydrogen (secondary N) is 1. The van der Waals surface area contributed by atoms with Crippen molar-refractivity contribution in [1.82, 2.24) is 4.98 Å². The van der Waals surface area contributed by atoms with Crippen LogP contribution in [0.15, 0.2) is 12.1 Å². The van der Waals surface area contributed by atoms with Gasteiger partial charge in [0.05, 0.1) is 5.02 Å². The van der Waals surface area contributed by atoms with Crippen molar-refractivity contribution in [1.29, 1.82) is 0 Å². The second-order valence-electron chi connectivity index (χ2n) is 4.20. The topological polar surface area (TPSA) is 62.0 Å². The molecule has 0 saturated carbocycles. The van der Waals surface area contributed by atoms with Gasteiger partial charge < -0.3 is 15.8 Å². The van der Waals surface area contributed by atoms with E-state index in [0.29, 0.717) is 17.5 Å². The number of rotatable bonds is 2. The van der Waals surface area contributed by atoms with Crippen molar-refractivity contribution < 1.29 is 5.11 Å². The van der Waals surface area contributed by atoms with Gasteiger partial charge in [0, 0.05) is 23.1 Å². The molecule has 0 unspecified atom stereocenters. The van der Waals surface area contributed by atoms with Crippen LogP contribution in [0.4, 0.5) is 0 Å². The number of phenolic OH excluding ortho intramolecular Hbond substituents is 1. The lowest BCUT2D eigenvalue weighted by Crippen LogP contribution is -2.01. The van der Waals surface area contributed by atoms with Crippen LogP contribution < -0.4 is 5.73 Å². The van der Waals surface area contributed by atoms with E-state index in [1.807, 2.05) is 6.07 Å². The van der Waals surface area contributed by atoms with Crippen molar-refractivity contribution in [3.05, 3.63) is 28.4 Å². The predicted molar refractivity (Wildman–Crippen MR) is 67.0 cm³/mol. The van der Waals surface area contributed by atoms with E-state index in [0.717, 1.165) is 22.2 Å². The van der Waals surface area contributed by atoms with Crippen LogP contribution in [0.3, 0.4) is 0 Å². The fraction of sp³-hybridized carbons (Fsp3) is 0.333. The number of aromatic hydroxyl groups is 1. The third-order valence-corrected chi connectivity index (χ3v) is 3.18. The average molecular weight is 239 g/mol. The molecule has 16 heavy (non-hydrogen) atoms. The summed E-state index contributed by atoms with van der Waals surface area (Å²) in [7, 11) is 0. The van der Waals surface area contributed by atoms with Gasteiger partial charge in [0.15, 0.2) is 0 Å². The van der Waals surface area contributed by atoms with Crippen LogP contribution in [0.5, 0.6) is 5.75 Å². The minimum absolute atomic E-state index is 0.0955. The second-order valence-corrected chi connectivity index (χ2v) is 4.58. The Balaban J connectivity index is 2.84. The molecule has 0 radical (unpaired) electrons. The SMILES string of the molecule is CC(C)c1[nH]c2ccc(O)c(Cl)c2c1CN. The molecule has 0 bridgehead atoms. The van der Waals surface area contributed by atoms with Gasteiger partial charge in [0.2, 0.25) is 0 Å². The molecule has 3 nitrogen and oxygen atoms in total. The number of hydrogen-bond acceptors (Lipinski definition) is 2. The first-order valence-electron chi connectivity index (χ1n) is 5.28. The Hall–Kier alpha value is -1.19. The molecule has 0 aliphatic carbocycles. The average Bonchev–Trinajstić information content (AvgIpc) is 2.62. The van der Waals surface area contributed by atoms with Crippen molar-refractivity contribution in [3.63, 3.8) is 0 Å². The number of phenols is 1. The maximum absolute atomic E-state index is 9.60. The summed E-state index contributed by atoms with van der Waals surface area (Å²) < 4.78 is 0. The quantitative estimate of drug-likeness (QED) is 0.753. The second kappa shape index (κ2) is 4.00. The summed E-state index contributed by atoms with van der Waals surface area (Å²) in [6.45, 7) is 4.60. The number of benzene rings is 1. The van der Waals surface area contributed by atoms with Gasteiger partial charge in [-0.25, -0.2) is 0 Å². The summed E-state index contributed by atoms with van der Waals surface area (Å²) in [6.07, 6.45) is 0. The lowest BCUT2D eigenvalue weighted by Gasteiger charge is -2.05. The first-order chi connectivity index (χ1) is 7.56. The molecular formula is C12H15ClN2O. The number of hydrogen-bond donors (Lipinski definition) is 3. The van der Waals surface area contributed by atoms with Crippen LogP contribution in [0.25, 0.3) is 10.9 Å². The van der Waals surface area contributed by atoms with Gasteiger partial charge in [0.25, 0.3) is 0 Å². The van der Waals surface area contributed by atoms with E-state index in [1.165, 1.54) is 0 Å². The van der Waals surface area contributed by atoms with E-state index in [4.69, 9.17) is 17.3 Å². The maximum Gasteiger partial charge on any atom is 0.134 e. The van der Waals surface area contributed by atoms with Crippen molar-refractivity contribution in [3.8, 4) is 5.75 Å². The van der Waals surface area contributed by atoms with E-state index in [2.05, 4.69) is 18.8 Å². The molecule has 2 rings (SSSR count). The van der Waals surface area contributed by atoms with Crippen LogP contribution >= 0.6 is 11.6 Å².